The van der Waals surface area contributed by atoms with Crippen molar-refractivity contribution in [2.24, 2.45) is 5.10 Å². The molecule has 20 heavy (non-hydrogen) atoms. The molecule has 0 unspecified atom stereocenters. The average molecular weight is 286 g/mol. The summed E-state index contributed by atoms with van der Waals surface area (Å²) in [5.41, 5.74) is 3.91. The second-order valence-electron chi connectivity index (χ2n) is 3.97. The van der Waals surface area contributed by atoms with Gasteiger partial charge in [-0.3, -0.25) is 0 Å². The second kappa shape index (κ2) is 8.08. The van der Waals surface area contributed by atoms with Crippen LogP contribution in [0.4, 0.5) is 13.6 Å². The predicted octanol–water partition coefficient (Wildman–Crippen LogP) is 2.95. The number of methoxy groups -OCH3 is 1. The van der Waals surface area contributed by atoms with E-state index in [1.165, 1.54) is 19.2 Å². The molecule has 0 bridgehead atoms. The third kappa shape index (κ3) is 6.12. The van der Waals surface area contributed by atoms with Crippen molar-refractivity contribution in [3.63, 3.8) is 0 Å². The quantitative estimate of drug-likeness (QED) is 0.646. The predicted molar refractivity (Wildman–Crippen MR) is 70.0 cm³/mol. The Hall–Kier alpha value is -2.18. The Morgan fingerprint density at radius 1 is 1.35 bits per heavy atom. The van der Waals surface area contributed by atoms with Crippen LogP contribution in [0.2, 0.25) is 0 Å². The van der Waals surface area contributed by atoms with Gasteiger partial charge in [0.15, 0.2) is 0 Å². The highest BCUT2D eigenvalue weighted by Crippen LogP contribution is 2.15. The number of aryl methyl sites for hydroxylation is 1. The molecule has 1 aromatic rings. The molecule has 0 radical (unpaired) electrons. The number of benzene rings is 1. The van der Waals surface area contributed by atoms with E-state index in [0.717, 1.165) is 11.3 Å². The molecule has 7 heteroatoms. The van der Waals surface area contributed by atoms with Gasteiger partial charge in [-0.1, -0.05) is 12.1 Å². The van der Waals surface area contributed by atoms with E-state index in [1.54, 1.807) is 19.1 Å². The number of amides is 1. The van der Waals surface area contributed by atoms with Gasteiger partial charge in [0.2, 0.25) is 0 Å². The summed E-state index contributed by atoms with van der Waals surface area (Å²) in [6.07, 6.45) is 0.671. The molecule has 0 spiro atoms. The van der Waals surface area contributed by atoms with Crippen molar-refractivity contribution in [3.8, 4) is 5.75 Å². The van der Waals surface area contributed by atoms with Crippen LogP contribution in [0.3, 0.4) is 0 Å². The number of carbonyl (C=O) groups excluding carboxylic acids is 1. The summed E-state index contributed by atoms with van der Waals surface area (Å²) < 4.78 is 32.6. The molecule has 0 atom stereocenters. The molecule has 1 amide bonds. The number of hydrogen-bond acceptors (Lipinski definition) is 4. The van der Waals surface area contributed by atoms with Crippen LogP contribution >= 0.6 is 0 Å². The first-order valence-corrected chi connectivity index (χ1v) is 5.92. The first-order valence-electron chi connectivity index (χ1n) is 5.92. The van der Waals surface area contributed by atoms with E-state index in [1.807, 2.05) is 0 Å². The van der Waals surface area contributed by atoms with Crippen LogP contribution in [0.25, 0.3) is 0 Å². The number of rotatable bonds is 6. The zero-order valence-corrected chi connectivity index (χ0v) is 11.2. The largest absolute Gasteiger partial charge is 0.452 e. The second-order valence-corrected chi connectivity index (χ2v) is 3.97. The summed E-state index contributed by atoms with van der Waals surface area (Å²) in [4.78, 5) is 10.8. The zero-order chi connectivity index (χ0) is 15.0. The lowest BCUT2D eigenvalue weighted by Crippen LogP contribution is -2.18. The summed E-state index contributed by atoms with van der Waals surface area (Å²) >= 11 is 0. The molecule has 0 saturated carbocycles. The van der Waals surface area contributed by atoms with Gasteiger partial charge in [-0.2, -0.15) is 13.9 Å². The molecule has 0 aliphatic heterocycles. The number of halogens is 2. The van der Waals surface area contributed by atoms with Gasteiger partial charge in [-0.25, -0.2) is 10.2 Å². The summed E-state index contributed by atoms with van der Waals surface area (Å²) in [5, 5.41) is 3.84. The van der Waals surface area contributed by atoms with Crippen molar-refractivity contribution in [3.05, 3.63) is 29.8 Å². The van der Waals surface area contributed by atoms with Gasteiger partial charge in [0.1, 0.15) is 5.75 Å². The molecule has 0 aliphatic carbocycles. The van der Waals surface area contributed by atoms with Crippen LogP contribution in [0, 0.1) is 0 Å². The van der Waals surface area contributed by atoms with Gasteiger partial charge >= 0.3 is 12.7 Å². The van der Waals surface area contributed by atoms with Gasteiger partial charge in [0.05, 0.1) is 7.11 Å². The highest BCUT2D eigenvalue weighted by molar-refractivity contribution is 5.83. The monoisotopic (exact) mass is 286 g/mol. The molecule has 5 nitrogen and oxygen atoms in total. The zero-order valence-electron chi connectivity index (χ0n) is 11.2. The number of alkyl halides is 2. The van der Waals surface area contributed by atoms with Gasteiger partial charge in [-0.05, 0) is 37.5 Å². The lowest BCUT2D eigenvalue weighted by Gasteiger charge is -2.06. The minimum atomic E-state index is -2.82. The topological polar surface area (TPSA) is 59.9 Å². The molecule has 0 aromatic heterocycles. The Morgan fingerprint density at radius 2 is 2.00 bits per heavy atom. The highest BCUT2D eigenvalue weighted by Gasteiger charge is 2.04. The summed E-state index contributed by atoms with van der Waals surface area (Å²) in [6, 6.07) is 6.39. The molecule has 1 rings (SSSR count). The lowest BCUT2D eigenvalue weighted by atomic mass is 10.1. The van der Waals surface area contributed by atoms with E-state index >= 15 is 0 Å². The van der Waals surface area contributed by atoms with Crippen molar-refractivity contribution in [2.45, 2.75) is 26.4 Å². The maximum absolute atomic E-state index is 12.0. The van der Waals surface area contributed by atoms with Crippen LogP contribution in [-0.2, 0) is 11.2 Å². The van der Waals surface area contributed by atoms with Crippen LogP contribution in [0.15, 0.2) is 29.4 Å². The fourth-order valence-electron chi connectivity index (χ4n) is 1.41. The number of hydrazone groups is 1. The minimum Gasteiger partial charge on any atom is -0.452 e. The average Bonchev–Trinajstić information content (AvgIpc) is 2.43. The third-order valence-corrected chi connectivity index (χ3v) is 2.45. The molecule has 0 aliphatic rings. The van der Waals surface area contributed by atoms with E-state index in [9.17, 15) is 13.6 Å². The smallest absolute Gasteiger partial charge is 0.427 e. The maximum Gasteiger partial charge on any atom is 0.427 e. The third-order valence-electron chi connectivity index (χ3n) is 2.45. The first kappa shape index (κ1) is 15.9. The van der Waals surface area contributed by atoms with E-state index in [4.69, 9.17) is 0 Å². The Morgan fingerprint density at radius 3 is 2.55 bits per heavy atom. The van der Waals surface area contributed by atoms with Gasteiger partial charge in [0, 0.05) is 5.71 Å². The molecular weight excluding hydrogens is 270 g/mol. The normalized spacial score (nSPS) is 11.3. The SMILES string of the molecule is COC(=O)N/N=C(/C)CCc1ccc(OC(F)F)cc1. The number of nitrogens with zero attached hydrogens (tertiary/aromatic N) is 1. The van der Waals surface area contributed by atoms with Crippen LogP contribution in [0.1, 0.15) is 18.9 Å². The number of carbonyl (C=O) groups is 1. The summed E-state index contributed by atoms with van der Waals surface area (Å²) in [6.45, 7) is -1.05. The summed E-state index contributed by atoms with van der Waals surface area (Å²) in [5.74, 6) is 0.126. The Labute approximate surface area is 115 Å². The molecule has 0 fully saturated rings. The minimum absolute atomic E-state index is 0.126. The highest BCUT2D eigenvalue weighted by atomic mass is 19.3. The Kier molecular flexibility index (Phi) is 6.42. The maximum atomic E-state index is 12.0. The fraction of sp³-hybridized carbons (Fsp3) is 0.385. The molecule has 0 heterocycles. The van der Waals surface area contributed by atoms with E-state index < -0.39 is 12.7 Å². The van der Waals surface area contributed by atoms with Crippen LogP contribution < -0.4 is 10.2 Å². The molecular formula is C13H16F2N2O3. The Bertz CT molecular complexity index is 461. The molecule has 1 aromatic carbocycles. The standard InChI is InChI=1S/C13H16F2N2O3/c1-9(16-17-13(18)19-2)3-4-10-5-7-11(8-6-10)20-12(14)15/h5-8,12H,3-4H2,1-2H3,(H,17,18)/b16-9-. The number of hydrogen-bond donors (Lipinski definition) is 1. The van der Waals surface area contributed by atoms with Gasteiger partial charge in [0.25, 0.3) is 0 Å². The number of nitrogens with one attached hydrogen (secondary N) is 1. The fourth-order valence-corrected chi connectivity index (χ4v) is 1.41. The number of ether oxygens (including phenoxy) is 2. The molecule has 110 valence electrons. The van der Waals surface area contributed by atoms with Crippen molar-refractivity contribution < 1.29 is 23.0 Å². The van der Waals surface area contributed by atoms with Crippen molar-refractivity contribution in [1.29, 1.82) is 0 Å². The van der Waals surface area contributed by atoms with Gasteiger partial charge in [-0.15, -0.1) is 0 Å². The van der Waals surface area contributed by atoms with E-state index in [2.05, 4.69) is 20.0 Å². The lowest BCUT2D eigenvalue weighted by molar-refractivity contribution is -0.0498. The van der Waals surface area contributed by atoms with Gasteiger partial charge < -0.3 is 9.47 Å². The first-order chi connectivity index (χ1) is 9.51. The summed E-state index contributed by atoms with van der Waals surface area (Å²) in [7, 11) is 1.25. The Balaban J connectivity index is 2.43. The van der Waals surface area contributed by atoms with Crippen LogP contribution in [-0.4, -0.2) is 25.5 Å². The molecule has 0 saturated heterocycles. The van der Waals surface area contributed by atoms with Crippen molar-refractivity contribution >= 4 is 11.8 Å². The van der Waals surface area contributed by atoms with E-state index in [-0.39, 0.29) is 5.75 Å². The van der Waals surface area contributed by atoms with Crippen molar-refractivity contribution in [1.82, 2.24) is 5.43 Å². The molecule has 1 N–H and O–H groups in total. The van der Waals surface area contributed by atoms with E-state index in [0.29, 0.717) is 12.8 Å². The van der Waals surface area contributed by atoms with Crippen LogP contribution in [0.5, 0.6) is 5.75 Å². The van der Waals surface area contributed by atoms with Crippen molar-refractivity contribution in [2.75, 3.05) is 7.11 Å².